The van der Waals surface area contributed by atoms with Crippen LogP contribution in [0.25, 0.3) is 0 Å². The molecule has 0 saturated carbocycles. The molecule has 0 aromatic heterocycles. The van der Waals surface area contributed by atoms with Crippen LogP contribution in [0, 0.1) is 0 Å². The molecule has 0 fully saturated rings. The lowest BCUT2D eigenvalue weighted by molar-refractivity contribution is -0.140. The zero-order chi connectivity index (χ0) is 7.28. The van der Waals surface area contributed by atoms with Gasteiger partial charge in [-0.2, -0.15) is 0 Å². The number of alkyl halides is 1. The summed E-state index contributed by atoms with van der Waals surface area (Å²) in [7, 11) is 0. The van der Waals surface area contributed by atoms with Crippen molar-refractivity contribution in [2.24, 2.45) is 0 Å². The van der Waals surface area contributed by atoms with Gasteiger partial charge in [0, 0.05) is 0 Å². The highest BCUT2D eigenvalue weighted by Crippen LogP contribution is 2.12. The minimum Gasteiger partial charge on any atom is -0.464 e. The molecule has 0 spiro atoms. The van der Waals surface area contributed by atoms with Gasteiger partial charge in [0.05, 0.1) is 6.61 Å². The Hall–Kier alpha value is 0.110. The summed E-state index contributed by atoms with van der Waals surface area (Å²) >= 11 is 6.75. The minimum absolute atomic E-state index is 0.355. The Labute approximate surface area is 63.9 Å². The van der Waals surface area contributed by atoms with Crippen molar-refractivity contribution in [3.8, 4) is 0 Å². The van der Waals surface area contributed by atoms with Gasteiger partial charge in [-0.25, -0.2) is 4.79 Å². The maximum atomic E-state index is 10.6. The summed E-state index contributed by atoms with van der Waals surface area (Å²) < 4.78 is 4.05. The molecular weight excluding hydrogens is 160 g/mol. The monoisotopic (exact) mass is 168 g/mol. The van der Waals surface area contributed by atoms with Crippen LogP contribution in [0.5, 0.6) is 0 Å². The number of thioether (sulfide) groups is 1. The molecule has 0 N–H and O–H groups in total. The van der Waals surface area contributed by atoms with E-state index in [1.54, 1.807) is 13.2 Å². The first kappa shape index (κ1) is 9.11. The highest BCUT2D eigenvalue weighted by atomic mass is 35.5. The Morgan fingerprint density at radius 1 is 1.89 bits per heavy atom. The highest BCUT2D eigenvalue weighted by Gasteiger charge is 2.13. The zero-order valence-electron chi connectivity index (χ0n) is 5.39. The van der Waals surface area contributed by atoms with Crippen LogP contribution in [0.4, 0.5) is 0 Å². The van der Waals surface area contributed by atoms with E-state index >= 15 is 0 Å². The van der Waals surface area contributed by atoms with Gasteiger partial charge < -0.3 is 4.74 Å². The fourth-order valence-electron chi connectivity index (χ4n) is 0.304. The van der Waals surface area contributed by atoms with E-state index in [1.807, 2.05) is 0 Å². The van der Waals surface area contributed by atoms with Crippen LogP contribution < -0.4 is 0 Å². The third-order valence-corrected chi connectivity index (χ3v) is 2.00. The summed E-state index contributed by atoms with van der Waals surface area (Å²) in [5, 5.41) is 0. The number of rotatable bonds is 3. The Bertz CT molecular complexity index is 97.0. The molecule has 0 aromatic carbocycles. The van der Waals surface area contributed by atoms with E-state index in [0.29, 0.717) is 6.61 Å². The van der Waals surface area contributed by atoms with Gasteiger partial charge >= 0.3 is 5.97 Å². The molecule has 2 nitrogen and oxygen atoms in total. The second kappa shape index (κ2) is 4.94. The molecule has 4 heteroatoms. The lowest BCUT2D eigenvalue weighted by atomic mass is 10.7. The van der Waals surface area contributed by atoms with E-state index < -0.39 is 4.71 Å². The standard InChI is InChI=1S/C5H9ClO2S/c1-3-8-5(7)4(6)9-2/h4H,3H2,1-2H3/t4-/m0/s1. The number of hydrogen-bond donors (Lipinski definition) is 0. The Kier molecular flexibility index (Phi) is 5.00. The van der Waals surface area contributed by atoms with Crippen molar-refractivity contribution in [2.45, 2.75) is 11.6 Å². The van der Waals surface area contributed by atoms with E-state index in [4.69, 9.17) is 11.6 Å². The Balaban J connectivity index is 3.46. The number of ether oxygens (including phenoxy) is 1. The van der Waals surface area contributed by atoms with Gasteiger partial charge in [-0.3, -0.25) is 0 Å². The summed E-state index contributed by atoms with van der Waals surface area (Å²) in [6.45, 7) is 2.14. The first-order valence-electron chi connectivity index (χ1n) is 2.55. The van der Waals surface area contributed by atoms with Crippen molar-refractivity contribution in [2.75, 3.05) is 12.9 Å². The van der Waals surface area contributed by atoms with Crippen molar-refractivity contribution in [3.63, 3.8) is 0 Å². The molecule has 0 aliphatic carbocycles. The van der Waals surface area contributed by atoms with E-state index in [9.17, 15) is 4.79 Å². The van der Waals surface area contributed by atoms with Gasteiger partial charge in [-0.1, -0.05) is 11.6 Å². The third-order valence-electron chi connectivity index (χ3n) is 0.679. The van der Waals surface area contributed by atoms with Gasteiger partial charge in [-0.05, 0) is 13.2 Å². The fraction of sp³-hybridized carbons (Fsp3) is 0.800. The van der Waals surface area contributed by atoms with Crippen molar-refractivity contribution in [1.82, 2.24) is 0 Å². The van der Waals surface area contributed by atoms with Crippen molar-refractivity contribution in [1.29, 1.82) is 0 Å². The molecule has 0 radical (unpaired) electrons. The number of halogens is 1. The second-order valence-corrected chi connectivity index (χ2v) is 2.94. The Morgan fingerprint density at radius 3 is 2.78 bits per heavy atom. The first-order chi connectivity index (χ1) is 4.22. The molecule has 0 aliphatic rings. The third kappa shape index (κ3) is 3.65. The molecule has 0 bridgehead atoms. The number of esters is 1. The predicted molar refractivity (Wildman–Crippen MR) is 39.8 cm³/mol. The minimum atomic E-state index is -0.551. The van der Waals surface area contributed by atoms with Crippen molar-refractivity contribution >= 4 is 29.3 Å². The topological polar surface area (TPSA) is 26.3 Å². The maximum absolute atomic E-state index is 10.6. The maximum Gasteiger partial charge on any atom is 0.334 e. The van der Waals surface area contributed by atoms with Gasteiger partial charge in [0.2, 0.25) is 0 Å². The van der Waals surface area contributed by atoms with Crippen LogP contribution in [0.1, 0.15) is 6.92 Å². The quantitative estimate of drug-likeness (QED) is 0.472. The molecule has 0 rings (SSSR count). The van der Waals surface area contributed by atoms with Crippen LogP contribution in [0.15, 0.2) is 0 Å². The number of carbonyl (C=O) groups excluding carboxylic acids is 1. The summed E-state index contributed by atoms with van der Waals surface area (Å²) in [6.07, 6.45) is 1.76. The summed E-state index contributed by atoms with van der Waals surface area (Å²) in [6, 6.07) is 0. The molecule has 9 heavy (non-hydrogen) atoms. The molecule has 1 atom stereocenters. The smallest absolute Gasteiger partial charge is 0.334 e. The fourth-order valence-corrected chi connectivity index (χ4v) is 0.627. The van der Waals surface area contributed by atoms with Crippen molar-refractivity contribution in [3.05, 3.63) is 0 Å². The first-order valence-corrected chi connectivity index (χ1v) is 4.28. The number of hydrogen-bond acceptors (Lipinski definition) is 3. The van der Waals surface area contributed by atoms with E-state index in [0.717, 1.165) is 0 Å². The average molecular weight is 169 g/mol. The van der Waals surface area contributed by atoms with Gasteiger partial charge in [-0.15, -0.1) is 11.8 Å². The molecule has 0 unspecified atom stereocenters. The van der Waals surface area contributed by atoms with E-state index in [1.165, 1.54) is 11.8 Å². The molecule has 0 saturated heterocycles. The number of carbonyl (C=O) groups is 1. The summed E-state index contributed by atoms with van der Waals surface area (Å²) in [5.74, 6) is -0.355. The molecule has 0 amide bonds. The molecular formula is C5H9ClO2S. The largest absolute Gasteiger partial charge is 0.464 e. The van der Waals surface area contributed by atoms with E-state index in [-0.39, 0.29) is 5.97 Å². The van der Waals surface area contributed by atoms with Crippen LogP contribution in [0.2, 0.25) is 0 Å². The van der Waals surface area contributed by atoms with Crippen molar-refractivity contribution < 1.29 is 9.53 Å². The van der Waals surface area contributed by atoms with Gasteiger partial charge in [0.15, 0.2) is 4.71 Å². The normalized spacial score (nSPS) is 12.8. The van der Waals surface area contributed by atoms with Crippen LogP contribution in [-0.2, 0) is 9.53 Å². The summed E-state index contributed by atoms with van der Waals surface area (Å²) in [4.78, 5) is 10.6. The zero-order valence-corrected chi connectivity index (χ0v) is 6.96. The van der Waals surface area contributed by atoms with E-state index in [2.05, 4.69) is 4.74 Å². The molecule has 54 valence electrons. The lowest BCUT2D eigenvalue weighted by Crippen LogP contribution is -2.13. The average Bonchev–Trinajstić information content (AvgIpc) is 1.87. The second-order valence-electron chi connectivity index (χ2n) is 1.30. The molecule has 0 aromatic rings. The molecule has 0 heterocycles. The van der Waals surface area contributed by atoms with Crippen LogP contribution in [-0.4, -0.2) is 23.5 Å². The van der Waals surface area contributed by atoms with Gasteiger partial charge in [0.1, 0.15) is 0 Å². The lowest BCUT2D eigenvalue weighted by Gasteiger charge is -2.03. The van der Waals surface area contributed by atoms with Crippen LogP contribution >= 0.6 is 23.4 Å². The highest BCUT2D eigenvalue weighted by molar-refractivity contribution is 8.01. The Morgan fingerprint density at radius 2 is 2.44 bits per heavy atom. The van der Waals surface area contributed by atoms with Crippen LogP contribution in [0.3, 0.4) is 0 Å². The predicted octanol–water partition coefficient (Wildman–Crippen LogP) is 1.48. The van der Waals surface area contributed by atoms with Gasteiger partial charge in [0.25, 0.3) is 0 Å². The molecule has 0 aliphatic heterocycles. The SMILES string of the molecule is CCOC(=O)[C@@H](Cl)SC. The summed E-state index contributed by atoms with van der Waals surface area (Å²) in [5.41, 5.74) is 0.